The first kappa shape index (κ1) is 43.6. The number of rotatable bonds is 11. The zero-order valence-electron chi connectivity index (χ0n) is 36.8. The maximum atomic E-state index is 14.8. The highest BCUT2D eigenvalue weighted by Gasteiger charge is 2.51. The van der Waals surface area contributed by atoms with Crippen LogP contribution in [0.15, 0.2) is 145 Å². The number of ether oxygens (including phenoxy) is 1. The van der Waals surface area contributed by atoms with Gasteiger partial charge in [-0.3, -0.25) is 29.7 Å². The first-order valence-corrected chi connectivity index (χ1v) is 22.2. The van der Waals surface area contributed by atoms with Gasteiger partial charge < -0.3 is 25.6 Å². The number of likely N-dealkylation sites (tertiary alicyclic amines) is 1. The zero-order chi connectivity index (χ0) is 47.2. The zero-order valence-corrected chi connectivity index (χ0v) is 36.8. The van der Waals surface area contributed by atoms with Crippen LogP contribution in [0.2, 0.25) is 0 Å². The molecule has 2 atom stereocenters. The number of carbonyl (C=O) groups excluding carboxylic acids is 4. The van der Waals surface area contributed by atoms with Crippen molar-refractivity contribution in [1.29, 1.82) is 0 Å². The molecule has 0 unspecified atom stereocenters. The average Bonchev–Trinajstić information content (AvgIpc) is 3.90. The molecule has 1 saturated heterocycles. The largest absolute Gasteiger partial charge is 0.445 e. The van der Waals surface area contributed by atoms with E-state index in [0.29, 0.717) is 28.0 Å². The van der Waals surface area contributed by atoms with Crippen molar-refractivity contribution >= 4 is 52.3 Å². The van der Waals surface area contributed by atoms with Gasteiger partial charge in [0.15, 0.2) is 5.84 Å². The Balaban J connectivity index is 0.761. The Labute approximate surface area is 389 Å². The smallest absolute Gasteiger partial charge is 0.408 e. The van der Waals surface area contributed by atoms with Gasteiger partial charge in [0.05, 0.1) is 34.6 Å². The Morgan fingerprint density at radius 3 is 2.41 bits per heavy atom. The summed E-state index contributed by atoms with van der Waals surface area (Å²) in [5.74, 6) is -4.12. The number of benzene rings is 4. The van der Waals surface area contributed by atoms with E-state index in [4.69, 9.17) is 9.72 Å². The Morgan fingerprint density at radius 1 is 0.912 bits per heavy atom. The molecule has 1 saturated carbocycles. The van der Waals surface area contributed by atoms with Gasteiger partial charge in [-0.25, -0.2) is 18.6 Å². The number of halogens is 2. The normalized spacial score (nSPS) is 17.8. The van der Waals surface area contributed by atoms with Gasteiger partial charge in [0.2, 0.25) is 11.8 Å². The van der Waals surface area contributed by atoms with Crippen LogP contribution in [-0.4, -0.2) is 74.0 Å². The molecule has 3 aliphatic heterocycles. The second kappa shape index (κ2) is 17.5. The second-order valence-corrected chi connectivity index (χ2v) is 17.4. The van der Waals surface area contributed by atoms with Crippen LogP contribution < -0.4 is 21.4 Å². The first-order chi connectivity index (χ1) is 32.8. The minimum atomic E-state index is -3.32. The lowest BCUT2D eigenvalue weighted by atomic mass is 9.71. The fraction of sp³-hybridized carbons (Fsp3) is 0.212. The number of nitrogens with one attached hydrogen (secondary N) is 4. The molecule has 6 aromatic rings. The van der Waals surface area contributed by atoms with Crippen LogP contribution in [-0.2, 0) is 26.5 Å². The van der Waals surface area contributed by atoms with Crippen molar-refractivity contribution in [3.05, 3.63) is 168 Å². The molecule has 4 aliphatic rings. The lowest BCUT2D eigenvalue weighted by Gasteiger charge is -2.42. The number of carbonyl (C=O) groups is 4. The van der Waals surface area contributed by atoms with Crippen LogP contribution in [0.5, 0.6) is 0 Å². The van der Waals surface area contributed by atoms with Crippen molar-refractivity contribution in [1.82, 2.24) is 35.8 Å². The van der Waals surface area contributed by atoms with Crippen LogP contribution in [0, 0.1) is 0 Å². The number of amidine groups is 1. The SMILES string of the molecule is C=C1NN=C2c3cc(-c4ccccc4)c(-c4ccc(C5(NC(=O)OCc6ccc(NC(=O)[C@@H]7CC(F)(F)CN7C(=O)[C@@H](C)NC(=O)c7ccnc8ccccc78)cc6)CCC5)cc4)nc3C=CN12. The summed E-state index contributed by atoms with van der Waals surface area (Å²) in [7, 11) is 0. The summed E-state index contributed by atoms with van der Waals surface area (Å²) < 4.78 is 35.3. The van der Waals surface area contributed by atoms with Crippen molar-refractivity contribution in [2.24, 2.45) is 5.10 Å². The molecule has 0 spiro atoms. The van der Waals surface area contributed by atoms with Gasteiger partial charge in [0.25, 0.3) is 11.8 Å². The Hall–Kier alpha value is -8.27. The monoisotopic (exact) mass is 913 g/mol. The molecule has 10 rings (SSSR count). The molecule has 4 amide bonds. The Bertz CT molecular complexity index is 3060. The molecule has 342 valence electrons. The number of para-hydroxylation sites is 1. The number of aromatic nitrogens is 2. The van der Waals surface area contributed by atoms with E-state index in [-0.39, 0.29) is 12.2 Å². The molecular weight excluding hydrogens is 869 g/mol. The fourth-order valence-electron chi connectivity index (χ4n) is 9.16. The number of fused-ring (bicyclic) bond motifs is 4. The molecular formula is C52H45F2N9O5. The Kier molecular flexibility index (Phi) is 11.2. The summed E-state index contributed by atoms with van der Waals surface area (Å²) in [5.41, 5.74) is 10.4. The highest BCUT2D eigenvalue weighted by molar-refractivity contribution is 6.08. The van der Waals surface area contributed by atoms with Crippen LogP contribution in [0.1, 0.15) is 65.3 Å². The van der Waals surface area contributed by atoms with E-state index >= 15 is 0 Å². The van der Waals surface area contributed by atoms with Crippen LogP contribution in [0.4, 0.5) is 19.3 Å². The molecule has 14 nitrogen and oxygen atoms in total. The van der Waals surface area contributed by atoms with Gasteiger partial charge in [-0.2, -0.15) is 5.10 Å². The van der Waals surface area contributed by atoms with Crippen molar-refractivity contribution < 1.29 is 32.7 Å². The van der Waals surface area contributed by atoms with Gasteiger partial charge in [0.1, 0.15) is 24.5 Å². The van der Waals surface area contributed by atoms with E-state index < -0.39 is 60.3 Å². The Morgan fingerprint density at radius 2 is 1.66 bits per heavy atom. The predicted molar refractivity (Wildman–Crippen MR) is 252 cm³/mol. The maximum Gasteiger partial charge on any atom is 0.408 e. The van der Waals surface area contributed by atoms with Gasteiger partial charge in [-0.1, -0.05) is 91.5 Å². The highest BCUT2D eigenvalue weighted by atomic mass is 19.3. The number of hydrogen-bond donors (Lipinski definition) is 4. The quantitative estimate of drug-likeness (QED) is 0.0999. The number of pyridine rings is 2. The van der Waals surface area contributed by atoms with Crippen LogP contribution in [0.3, 0.4) is 0 Å². The molecule has 2 aromatic heterocycles. The van der Waals surface area contributed by atoms with E-state index in [1.165, 1.54) is 19.2 Å². The number of amides is 4. The molecule has 68 heavy (non-hydrogen) atoms. The minimum absolute atomic E-state index is 0.0693. The van der Waals surface area contributed by atoms with Crippen LogP contribution >= 0.6 is 0 Å². The minimum Gasteiger partial charge on any atom is -0.445 e. The molecule has 5 heterocycles. The van der Waals surface area contributed by atoms with E-state index in [2.05, 4.69) is 56.2 Å². The van der Waals surface area contributed by atoms with Gasteiger partial charge in [-0.05, 0) is 79.3 Å². The number of nitrogens with zero attached hydrogens (tertiary/aromatic N) is 5. The first-order valence-electron chi connectivity index (χ1n) is 22.2. The topological polar surface area (TPSA) is 170 Å². The van der Waals surface area contributed by atoms with Crippen molar-refractivity contribution in [2.45, 2.75) is 62.8 Å². The lowest BCUT2D eigenvalue weighted by Crippen LogP contribution is -2.51. The second-order valence-electron chi connectivity index (χ2n) is 17.4. The third-order valence-electron chi connectivity index (χ3n) is 12.9. The predicted octanol–water partition coefficient (Wildman–Crippen LogP) is 8.28. The van der Waals surface area contributed by atoms with E-state index in [1.54, 1.807) is 48.5 Å². The summed E-state index contributed by atoms with van der Waals surface area (Å²) in [6.07, 6.45) is 6.25. The molecule has 16 heteroatoms. The van der Waals surface area contributed by atoms with Gasteiger partial charge in [0, 0.05) is 46.6 Å². The summed E-state index contributed by atoms with van der Waals surface area (Å²) in [6, 6.07) is 32.5. The molecule has 2 fully saturated rings. The number of alkyl halides is 2. The van der Waals surface area contributed by atoms with Gasteiger partial charge in [-0.15, -0.1) is 0 Å². The highest BCUT2D eigenvalue weighted by Crippen LogP contribution is 2.43. The summed E-state index contributed by atoms with van der Waals surface area (Å²) in [6.45, 7) is 4.39. The van der Waals surface area contributed by atoms with Crippen molar-refractivity contribution in [3.8, 4) is 22.4 Å². The molecule has 1 aliphatic carbocycles. The van der Waals surface area contributed by atoms with Crippen LogP contribution in [0.25, 0.3) is 39.4 Å². The van der Waals surface area contributed by atoms with E-state index in [0.717, 1.165) is 69.2 Å². The number of anilines is 1. The number of hydrogen-bond acceptors (Lipinski definition) is 10. The number of alkyl carbamates (subject to hydrolysis) is 1. The third kappa shape index (κ3) is 8.40. The lowest BCUT2D eigenvalue weighted by molar-refractivity contribution is -0.138. The summed E-state index contributed by atoms with van der Waals surface area (Å²) in [5, 5.41) is 13.4. The van der Waals surface area contributed by atoms with Crippen molar-refractivity contribution in [3.63, 3.8) is 0 Å². The van der Waals surface area contributed by atoms with Gasteiger partial charge >= 0.3 is 6.09 Å². The average molecular weight is 914 g/mol. The molecule has 4 N–H and O–H groups in total. The van der Waals surface area contributed by atoms with E-state index in [9.17, 15) is 28.0 Å². The van der Waals surface area contributed by atoms with E-state index in [1.807, 2.05) is 59.6 Å². The maximum absolute atomic E-state index is 14.8. The molecule has 0 bridgehead atoms. The fourth-order valence-corrected chi connectivity index (χ4v) is 9.16. The summed E-state index contributed by atoms with van der Waals surface area (Å²) in [4.78, 5) is 65.6. The molecule has 0 radical (unpaired) electrons. The van der Waals surface area contributed by atoms with Crippen molar-refractivity contribution in [2.75, 3.05) is 11.9 Å². The number of hydrazone groups is 1. The molecule has 4 aromatic carbocycles. The summed E-state index contributed by atoms with van der Waals surface area (Å²) >= 11 is 0. The standard InChI is InChI=1S/C52H45F2N9O5/c1-31(56-47(64)39-21-25-55-42-12-7-6-11-38(39)42)49(66)63-30-52(53,54)28-44(63)48(65)57-37-19-13-33(14-20-37)29-68-50(67)59-51(23-8-24-51)36-17-15-35(16-18-36)45-40(34-9-4-3-5-10-34)27-41-43(58-45)22-26-62-32(2)60-61-46(41)62/h3-7,9-22,25-27,31,44,60H,2,8,23-24,28-30H2,1H3,(H,56,64)(H,57,65)(H,59,67)/t31-,44+/m1/s1. The third-order valence-corrected chi connectivity index (χ3v) is 12.9.